The third-order valence-electron chi connectivity index (χ3n) is 5.87. The smallest absolute Gasteiger partial charge is 0.262 e. The topological polar surface area (TPSA) is 113 Å². The second kappa shape index (κ2) is 6.54. The van der Waals surface area contributed by atoms with Crippen LogP contribution in [-0.4, -0.2) is 58.1 Å². The van der Waals surface area contributed by atoms with Gasteiger partial charge in [0.2, 0.25) is 11.8 Å². The highest BCUT2D eigenvalue weighted by Crippen LogP contribution is 2.31. The first-order chi connectivity index (χ1) is 12.9. The van der Waals surface area contributed by atoms with Gasteiger partial charge in [-0.15, -0.1) is 0 Å². The van der Waals surface area contributed by atoms with Crippen molar-refractivity contribution in [3.63, 3.8) is 0 Å². The quantitative estimate of drug-likeness (QED) is 0.725. The van der Waals surface area contributed by atoms with Crippen molar-refractivity contribution in [1.29, 1.82) is 0 Å². The first-order valence-corrected chi connectivity index (χ1v) is 9.21. The number of piperidine rings is 1. The van der Waals surface area contributed by atoms with Crippen molar-refractivity contribution < 1.29 is 19.2 Å². The molecule has 1 aromatic rings. The molecule has 3 aliphatic heterocycles. The Morgan fingerprint density at radius 3 is 2.59 bits per heavy atom. The van der Waals surface area contributed by atoms with Crippen molar-refractivity contribution in [3.8, 4) is 0 Å². The Morgan fingerprint density at radius 1 is 1.15 bits per heavy atom. The lowest BCUT2D eigenvalue weighted by Crippen LogP contribution is -2.54. The van der Waals surface area contributed by atoms with Crippen molar-refractivity contribution in [3.05, 3.63) is 34.9 Å². The van der Waals surface area contributed by atoms with Crippen LogP contribution in [0.25, 0.3) is 0 Å². The Labute approximate surface area is 156 Å². The minimum absolute atomic E-state index is 0.0964. The van der Waals surface area contributed by atoms with Gasteiger partial charge >= 0.3 is 0 Å². The molecule has 3 aliphatic rings. The highest BCUT2D eigenvalue weighted by atomic mass is 16.2. The van der Waals surface area contributed by atoms with Gasteiger partial charge in [-0.25, -0.2) is 0 Å². The van der Waals surface area contributed by atoms with Gasteiger partial charge in [0, 0.05) is 31.6 Å². The van der Waals surface area contributed by atoms with E-state index in [1.165, 1.54) is 0 Å². The molecule has 0 saturated carbocycles. The molecule has 4 amide bonds. The number of rotatable bonds is 3. The minimum Gasteiger partial charge on any atom is -0.326 e. The van der Waals surface area contributed by atoms with Crippen LogP contribution >= 0.6 is 0 Å². The number of imide groups is 2. The van der Waals surface area contributed by atoms with Gasteiger partial charge in [0.05, 0.1) is 11.1 Å². The zero-order valence-electron chi connectivity index (χ0n) is 15.1. The maximum atomic E-state index is 13.1. The normalized spacial score (nSPS) is 28.7. The summed E-state index contributed by atoms with van der Waals surface area (Å²) in [5, 5.41) is 2.21. The van der Waals surface area contributed by atoms with E-state index in [4.69, 9.17) is 5.73 Å². The number of nitrogens with zero attached hydrogens (tertiary/aromatic N) is 2. The summed E-state index contributed by atoms with van der Waals surface area (Å²) >= 11 is 0. The van der Waals surface area contributed by atoms with Crippen molar-refractivity contribution in [2.45, 2.75) is 50.9 Å². The van der Waals surface area contributed by atoms with Gasteiger partial charge in [-0.05, 0) is 31.4 Å². The van der Waals surface area contributed by atoms with E-state index in [1.807, 2.05) is 6.07 Å². The van der Waals surface area contributed by atoms with Crippen molar-refractivity contribution in [1.82, 2.24) is 15.1 Å². The van der Waals surface area contributed by atoms with Gasteiger partial charge in [0.25, 0.3) is 11.8 Å². The van der Waals surface area contributed by atoms with Gasteiger partial charge in [0.15, 0.2) is 0 Å². The standard InChI is InChI=1S/C19H22N4O4/c1-10-13(20)7-8-22(10)9-11-3-2-4-12-16(11)19(27)23(18(12)26)14-5-6-15(24)21-17(14)25/h2-4,10,13-14H,5-9,20H2,1H3,(H,21,24,25)/t10-,13-,14?/m0/s1. The summed E-state index contributed by atoms with van der Waals surface area (Å²) in [5.41, 5.74) is 7.53. The van der Waals surface area contributed by atoms with E-state index in [0.717, 1.165) is 23.4 Å². The molecule has 3 heterocycles. The average molecular weight is 370 g/mol. The molecule has 0 aromatic heterocycles. The molecule has 0 radical (unpaired) electrons. The number of carbonyl (C=O) groups is 4. The monoisotopic (exact) mass is 370 g/mol. The Kier molecular flexibility index (Phi) is 4.32. The molecule has 4 rings (SSSR count). The predicted octanol–water partition coefficient (Wildman–Crippen LogP) is 0.00930. The van der Waals surface area contributed by atoms with Gasteiger partial charge in [-0.1, -0.05) is 12.1 Å². The lowest BCUT2D eigenvalue weighted by Gasteiger charge is -2.28. The summed E-state index contributed by atoms with van der Waals surface area (Å²) < 4.78 is 0. The molecule has 2 saturated heterocycles. The van der Waals surface area contributed by atoms with Gasteiger partial charge in [-0.3, -0.25) is 34.3 Å². The molecule has 8 nitrogen and oxygen atoms in total. The lowest BCUT2D eigenvalue weighted by molar-refractivity contribution is -0.136. The number of nitrogens with two attached hydrogens (primary N) is 1. The zero-order valence-corrected chi connectivity index (χ0v) is 15.1. The molecule has 0 aliphatic carbocycles. The summed E-state index contributed by atoms with van der Waals surface area (Å²) in [6.45, 7) is 3.43. The Bertz CT molecular complexity index is 852. The Morgan fingerprint density at radius 2 is 1.93 bits per heavy atom. The molecular formula is C19H22N4O4. The maximum Gasteiger partial charge on any atom is 0.262 e. The summed E-state index contributed by atoms with van der Waals surface area (Å²) in [6.07, 6.45) is 1.16. The van der Waals surface area contributed by atoms with Crippen molar-refractivity contribution in [2.75, 3.05) is 6.54 Å². The molecule has 3 N–H and O–H groups in total. The van der Waals surface area contributed by atoms with Crippen LogP contribution in [0.4, 0.5) is 0 Å². The maximum absolute atomic E-state index is 13.1. The number of likely N-dealkylation sites (tertiary alicyclic amines) is 1. The second-order valence-corrected chi connectivity index (χ2v) is 7.45. The summed E-state index contributed by atoms with van der Waals surface area (Å²) in [4.78, 5) is 52.7. The fourth-order valence-electron chi connectivity index (χ4n) is 4.19. The highest BCUT2D eigenvalue weighted by molar-refractivity contribution is 6.24. The molecule has 27 heavy (non-hydrogen) atoms. The van der Waals surface area contributed by atoms with Crippen LogP contribution in [0.3, 0.4) is 0 Å². The molecule has 1 unspecified atom stereocenters. The van der Waals surface area contributed by atoms with Gasteiger partial charge in [-0.2, -0.15) is 0 Å². The average Bonchev–Trinajstić information content (AvgIpc) is 3.08. The second-order valence-electron chi connectivity index (χ2n) is 7.45. The van der Waals surface area contributed by atoms with E-state index in [2.05, 4.69) is 17.1 Å². The molecule has 8 heteroatoms. The number of hydrogen-bond acceptors (Lipinski definition) is 6. The third kappa shape index (κ3) is 2.85. The fourth-order valence-corrected chi connectivity index (χ4v) is 4.19. The van der Waals surface area contributed by atoms with Crippen LogP contribution in [0.2, 0.25) is 0 Å². The predicted molar refractivity (Wildman–Crippen MR) is 95.6 cm³/mol. The summed E-state index contributed by atoms with van der Waals surface area (Å²) in [7, 11) is 0. The molecule has 0 spiro atoms. The summed E-state index contributed by atoms with van der Waals surface area (Å²) in [6, 6.07) is 4.56. The Hall–Kier alpha value is -2.58. The van der Waals surface area contributed by atoms with E-state index in [-0.39, 0.29) is 30.8 Å². The highest BCUT2D eigenvalue weighted by Gasteiger charge is 2.45. The summed E-state index contributed by atoms with van der Waals surface area (Å²) in [5.74, 6) is -1.91. The molecule has 2 fully saturated rings. The number of hydrogen-bond donors (Lipinski definition) is 2. The van der Waals surface area contributed by atoms with E-state index >= 15 is 0 Å². The first kappa shape index (κ1) is 17.8. The van der Waals surface area contributed by atoms with Crippen LogP contribution in [0, 0.1) is 0 Å². The molecule has 0 bridgehead atoms. The molecule has 3 atom stereocenters. The van der Waals surface area contributed by atoms with Crippen molar-refractivity contribution in [2.24, 2.45) is 5.73 Å². The van der Waals surface area contributed by atoms with Crippen LogP contribution in [-0.2, 0) is 16.1 Å². The largest absolute Gasteiger partial charge is 0.326 e. The number of amides is 4. The van der Waals surface area contributed by atoms with Crippen LogP contribution in [0.15, 0.2) is 18.2 Å². The lowest BCUT2D eigenvalue weighted by atomic mass is 10.0. The molecule has 142 valence electrons. The van der Waals surface area contributed by atoms with Crippen molar-refractivity contribution >= 4 is 23.6 Å². The molecule has 1 aromatic carbocycles. The third-order valence-corrected chi connectivity index (χ3v) is 5.87. The fraction of sp³-hybridized carbons (Fsp3) is 0.474. The number of nitrogens with one attached hydrogen (secondary N) is 1. The van der Waals surface area contributed by atoms with E-state index in [9.17, 15) is 19.2 Å². The number of fused-ring (bicyclic) bond motifs is 1. The number of carbonyl (C=O) groups excluding carboxylic acids is 4. The Balaban J connectivity index is 1.64. The van der Waals surface area contributed by atoms with E-state index in [0.29, 0.717) is 17.7 Å². The van der Waals surface area contributed by atoms with Crippen LogP contribution in [0.5, 0.6) is 0 Å². The van der Waals surface area contributed by atoms with Gasteiger partial charge < -0.3 is 5.73 Å². The van der Waals surface area contributed by atoms with E-state index in [1.54, 1.807) is 12.1 Å². The SMILES string of the molecule is C[C@H]1[C@@H](N)CCN1Cc1cccc2c1C(=O)N(C1CCC(=O)NC1=O)C2=O. The van der Waals surface area contributed by atoms with Crippen LogP contribution < -0.4 is 11.1 Å². The number of benzene rings is 1. The van der Waals surface area contributed by atoms with Crippen LogP contribution in [0.1, 0.15) is 52.5 Å². The minimum atomic E-state index is -0.943. The zero-order chi connectivity index (χ0) is 19.3. The van der Waals surface area contributed by atoms with Gasteiger partial charge in [0.1, 0.15) is 6.04 Å². The van der Waals surface area contributed by atoms with E-state index < -0.39 is 23.8 Å². The molecular weight excluding hydrogens is 348 g/mol. The first-order valence-electron chi connectivity index (χ1n) is 9.21.